The first-order chi connectivity index (χ1) is 28.3. The zero-order valence-corrected chi connectivity index (χ0v) is 37.0. The number of benzene rings is 1. The second-order valence-corrected chi connectivity index (χ2v) is 17.4. The van der Waals surface area contributed by atoms with Crippen molar-refractivity contribution in [2.45, 2.75) is 137 Å². The average molecular weight is 833 g/mol. The monoisotopic (exact) mass is 833 g/mol. The summed E-state index contributed by atoms with van der Waals surface area (Å²) in [6.07, 6.45) is 3.96. The van der Waals surface area contributed by atoms with E-state index in [1.54, 1.807) is 39.2 Å². The van der Waals surface area contributed by atoms with Gasteiger partial charge in [-0.15, -0.1) is 0 Å². The number of rotatable bonds is 22. The number of ether oxygens (including phenoxy) is 1. The number of imidazole rings is 1. The normalized spacial score (nSPS) is 15.2. The molecule has 15 heteroatoms. The van der Waals surface area contributed by atoms with E-state index in [4.69, 9.17) is 4.74 Å². The number of aromatic nitrogens is 3. The van der Waals surface area contributed by atoms with Crippen LogP contribution in [0.5, 0.6) is 0 Å². The number of nitrogens with zero attached hydrogens (tertiary/aromatic N) is 3. The van der Waals surface area contributed by atoms with Gasteiger partial charge in [-0.25, -0.2) is 9.78 Å². The molecule has 0 radical (unpaired) electrons. The third-order valence-electron chi connectivity index (χ3n) is 10.5. The van der Waals surface area contributed by atoms with Crippen LogP contribution in [0, 0.1) is 23.7 Å². The van der Waals surface area contributed by atoms with E-state index in [2.05, 4.69) is 36.2 Å². The number of aliphatic hydroxyl groups excluding tert-OH is 1. The van der Waals surface area contributed by atoms with Crippen LogP contribution in [0.25, 0.3) is 0 Å². The summed E-state index contributed by atoms with van der Waals surface area (Å²) in [7, 11) is 1.50. The van der Waals surface area contributed by atoms with Crippen molar-refractivity contribution in [3.63, 3.8) is 0 Å². The molecule has 6 N–H and O–H groups in total. The van der Waals surface area contributed by atoms with Crippen LogP contribution in [0.15, 0.2) is 67.3 Å². The largest absolute Gasteiger partial charge is 0.444 e. The highest BCUT2D eigenvalue weighted by Gasteiger charge is 2.37. The Kier molecular flexibility index (Phi) is 19.2. The van der Waals surface area contributed by atoms with Gasteiger partial charge in [0.1, 0.15) is 23.7 Å². The summed E-state index contributed by atoms with van der Waals surface area (Å²) in [6.45, 7) is 16.9. The quantitative estimate of drug-likeness (QED) is 0.0828. The molecule has 0 aliphatic heterocycles. The second kappa shape index (κ2) is 23.5. The van der Waals surface area contributed by atoms with Gasteiger partial charge >= 0.3 is 6.09 Å². The molecular weight excluding hydrogens is 765 g/mol. The molecule has 330 valence electrons. The molecule has 3 aromatic rings. The van der Waals surface area contributed by atoms with E-state index in [1.165, 1.54) is 18.3 Å². The smallest absolute Gasteiger partial charge is 0.408 e. The fraction of sp³-hybridized carbons (Fsp3) is 0.578. The van der Waals surface area contributed by atoms with Crippen LogP contribution in [0.4, 0.5) is 4.79 Å². The molecule has 0 unspecified atom stereocenters. The van der Waals surface area contributed by atoms with E-state index in [0.717, 1.165) is 5.56 Å². The Balaban J connectivity index is 1.86. The van der Waals surface area contributed by atoms with Crippen molar-refractivity contribution in [3.8, 4) is 0 Å². The number of nitrogens with one attached hydrogen (secondary N) is 5. The molecule has 2 aromatic heterocycles. The molecule has 0 bridgehead atoms. The SMILES string of the molecule is CC[C@H](C)[C@H](NC(=O)[C@@H](C[C@H](O)[C@H](CC(C)C)NC(=O)[C@H](Cc1cnc[nH]1)N(C)C(=O)[C@H](Cc1ccccc1)NC(=O)OC(C)(C)C)C(C)C)C(=O)NCc1ccccn1. The van der Waals surface area contributed by atoms with Crippen LogP contribution in [0.1, 0.15) is 98.5 Å². The van der Waals surface area contributed by atoms with E-state index in [-0.39, 0.29) is 55.4 Å². The summed E-state index contributed by atoms with van der Waals surface area (Å²) in [6, 6.07) is 10.9. The second-order valence-electron chi connectivity index (χ2n) is 17.4. The van der Waals surface area contributed by atoms with Gasteiger partial charge in [0.15, 0.2) is 0 Å². The van der Waals surface area contributed by atoms with Crippen molar-refractivity contribution >= 4 is 29.7 Å². The highest BCUT2D eigenvalue weighted by Crippen LogP contribution is 2.23. The lowest BCUT2D eigenvalue weighted by Gasteiger charge is -2.34. The maximum atomic E-state index is 14.5. The van der Waals surface area contributed by atoms with E-state index in [9.17, 15) is 29.1 Å². The number of carbonyl (C=O) groups is 5. The number of H-pyrrole nitrogens is 1. The van der Waals surface area contributed by atoms with Crippen molar-refractivity contribution in [1.29, 1.82) is 0 Å². The van der Waals surface area contributed by atoms with Gasteiger partial charge in [0.25, 0.3) is 0 Å². The molecular formula is C45H68N8O7. The number of pyridine rings is 1. The minimum atomic E-state index is -1.16. The lowest BCUT2D eigenvalue weighted by molar-refractivity contribution is -0.141. The number of carbonyl (C=O) groups excluding carboxylic acids is 5. The average Bonchev–Trinajstić information content (AvgIpc) is 3.71. The summed E-state index contributed by atoms with van der Waals surface area (Å²) >= 11 is 0. The molecule has 2 heterocycles. The van der Waals surface area contributed by atoms with Crippen LogP contribution < -0.4 is 21.3 Å². The van der Waals surface area contributed by atoms with Gasteiger partial charge in [-0.2, -0.15) is 0 Å². The molecule has 15 nitrogen and oxygen atoms in total. The minimum absolute atomic E-state index is 0.00287. The third kappa shape index (κ3) is 16.0. The van der Waals surface area contributed by atoms with Crippen LogP contribution in [-0.2, 0) is 43.3 Å². The summed E-state index contributed by atoms with van der Waals surface area (Å²) < 4.78 is 5.50. The highest BCUT2D eigenvalue weighted by atomic mass is 16.6. The molecule has 0 spiro atoms. The maximum absolute atomic E-state index is 14.5. The Hall–Kier alpha value is -5.31. The fourth-order valence-corrected chi connectivity index (χ4v) is 6.87. The Labute approximate surface area is 355 Å². The summed E-state index contributed by atoms with van der Waals surface area (Å²) in [5.74, 6) is -2.83. The molecule has 7 atom stereocenters. The molecule has 5 amide bonds. The molecule has 0 aliphatic carbocycles. The van der Waals surface area contributed by atoms with Crippen molar-refractivity contribution < 1.29 is 33.8 Å². The van der Waals surface area contributed by atoms with Gasteiger partial charge < -0.3 is 41.0 Å². The van der Waals surface area contributed by atoms with Gasteiger partial charge in [0, 0.05) is 43.9 Å². The molecule has 0 aliphatic rings. The predicted molar refractivity (Wildman–Crippen MR) is 230 cm³/mol. The molecule has 0 saturated heterocycles. The number of aliphatic hydroxyl groups is 1. The lowest BCUT2D eigenvalue weighted by Crippen LogP contribution is -2.58. The lowest BCUT2D eigenvalue weighted by atomic mass is 9.85. The zero-order chi connectivity index (χ0) is 44.6. The number of hydrogen-bond donors (Lipinski definition) is 6. The minimum Gasteiger partial charge on any atom is -0.444 e. The summed E-state index contributed by atoms with van der Waals surface area (Å²) in [4.78, 5) is 81.9. The number of aromatic amines is 1. The number of likely N-dealkylation sites (N-methyl/N-ethyl adjacent to an activating group) is 1. The summed E-state index contributed by atoms with van der Waals surface area (Å²) in [5.41, 5.74) is 1.26. The number of amides is 5. The first-order valence-electron chi connectivity index (χ1n) is 21.0. The van der Waals surface area contributed by atoms with E-state index in [0.29, 0.717) is 24.2 Å². The molecule has 1 aromatic carbocycles. The van der Waals surface area contributed by atoms with Gasteiger partial charge in [0.2, 0.25) is 23.6 Å². The molecule has 0 saturated carbocycles. The Morgan fingerprint density at radius 3 is 2.12 bits per heavy atom. The number of alkyl carbamates (subject to hydrolysis) is 1. The molecule has 3 rings (SSSR count). The fourth-order valence-electron chi connectivity index (χ4n) is 6.87. The van der Waals surface area contributed by atoms with Gasteiger partial charge in [-0.05, 0) is 69.1 Å². The topological polar surface area (TPSA) is 208 Å². The van der Waals surface area contributed by atoms with Crippen molar-refractivity contribution in [1.82, 2.24) is 41.1 Å². The van der Waals surface area contributed by atoms with Crippen molar-refractivity contribution in [2.75, 3.05) is 7.05 Å². The first-order valence-corrected chi connectivity index (χ1v) is 21.0. The van der Waals surface area contributed by atoms with Gasteiger partial charge in [-0.3, -0.25) is 24.2 Å². The first kappa shape index (κ1) is 49.1. The highest BCUT2D eigenvalue weighted by molar-refractivity contribution is 5.92. The Morgan fingerprint density at radius 1 is 0.867 bits per heavy atom. The van der Waals surface area contributed by atoms with E-state index < -0.39 is 59.7 Å². The van der Waals surface area contributed by atoms with Crippen LogP contribution in [-0.4, -0.2) is 97.6 Å². The predicted octanol–water partition coefficient (Wildman–Crippen LogP) is 4.71. The van der Waals surface area contributed by atoms with Crippen LogP contribution in [0.2, 0.25) is 0 Å². The van der Waals surface area contributed by atoms with Crippen molar-refractivity contribution in [2.24, 2.45) is 23.7 Å². The molecule has 60 heavy (non-hydrogen) atoms. The van der Waals surface area contributed by atoms with E-state index >= 15 is 0 Å². The molecule has 0 fully saturated rings. The van der Waals surface area contributed by atoms with Gasteiger partial charge in [0.05, 0.1) is 30.7 Å². The van der Waals surface area contributed by atoms with Crippen LogP contribution >= 0.6 is 0 Å². The van der Waals surface area contributed by atoms with Crippen molar-refractivity contribution in [3.05, 3.63) is 84.2 Å². The third-order valence-corrected chi connectivity index (χ3v) is 10.5. The standard InChI is InChI=1S/C45H68N8O7/c1-11-30(6)39(42(57)48-26-32-19-15-16-20-47-32)52-40(55)34(29(4)5)24-38(54)35(21-28(2)3)50-41(56)37(23-33-25-46-27-49-33)53(10)43(58)36(22-31-17-13-12-14-18-31)51-44(59)60-45(7,8)9/h12-20,25,27-30,34-39,54H,11,21-24,26H2,1-10H3,(H,46,49)(H,48,57)(H,50,56)(H,51,59)(H,52,55)/t30-,34-,35-,36-,37-,38-,39-/m0/s1. The van der Waals surface area contributed by atoms with Gasteiger partial charge in [-0.1, -0.05) is 84.4 Å². The Bertz CT molecular complexity index is 1780. The maximum Gasteiger partial charge on any atom is 0.408 e. The van der Waals surface area contributed by atoms with E-state index in [1.807, 2.05) is 84.0 Å². The number of hydrogen-bond acceptors (Lipinski definition) is 9. The Morgan fingerprint density at radius 2 is 1.55 bits per heavy atom. The zero-order valence-electron chi connectivity index (χ0n) is 37.0. The van der Waals surface area contributed by atoms with Crippen LogP contribution in [0.3, 0.4) is 0 Å². The summed E-state index contributed by atoms with van der Waals surface area (Å²) in [5, 5.41) is 23.5.